The van der Waals surface area contributed by atoms with Crippen LogP contribution in [-0.2, 0) is 4.79 Å². The average molecular weight is 429 g/mol. The summed E-state index contributed by atoms with van der Waals surface area (Å²) in [6.45, 7) is 5.46. The normalized spacial score (nSPS) is 17.3. The van der Waals surface area contributed by atoms with Crippen LogP contribution in [0.25, 0.3) is 11.1 Å². The number of halogens is 1. The molecule has 0 bridgehead atoms. The standard InChI is InChI=1S/C20H21BrN4O2/c1-12-13(2)27-20-17(12)18(22-11-23-20)25-9-5-6-14(10-25)19(26)24-16-8-4-3-7-15(16)21/h3-4,7-8,11,14H,5-6,9-10H2,1-2H3,(H,24,26). The number of carbonyl (C=O) groups is 1. The lowest BCUT2D eigenvalue weighted by Crippen LogP contribution is -2.41. The molecule has 1 atom stereocenters. The third-order valence-corrected chi connectivity index (χ3v) is 5.86. The molecular formula is C20H21BrN4O2. The molecule has 1 aromatic carbocycles. The molecule has 1 fully saturated rings. The largest absolute Gasteiger partial charge is 0.443 e. The van der Waals surface area contributed by atoms with E-state index in [-0.39, 0.29) is 11.8 Å². The number of hydrogen-bond donors (Lipinski definition) is 1. The van der Waals surface area contributed by atoms with Crippen molar-refractivity contribution in [2.75, 3.05) is 23.3 Å². The Morgan fingerprint density at radius 2 is 2.11 bits per heavy atom. The van der Waals surface area contributed by atoms with Gasteiger partial charge in [-0.05, 0) is 54.8 Å². The number of piperidine rings is 1. The molecule has 6 nitrogen and oxygen atoms in total. The van der Waals surface area contributed by atoms with E-state index >= 15 is 0 Å². The van der Waals surface area contributed by atoms with Gasteiger partial charge in [0.15, 0.2) is 0 Å². The van der Waals surface area contributed by atoms with Crippen molar-refractivity contribution in [3.8, 4) is 0 Å². The highest BCUT2D eigenvalue weighted by Crippen LogP contribution is 2.33. The van der Waals surface area contributed by atoms with Gasteiger partial charge in [0.05, 0.1) is 17.0 Å². The molecule has 1 unspecified atom stereocenters. The van der Waals surface area contributed by atoms with Crippen LogP contribution in [0.3, 0.4) is 0 Å². The molecule has 7 heteroatoms. The van der Waals surface area contributed by atoms with E-state index in [0.29, 0.717) is 12.3 Å². The highest BCUT2D eigenvalue weighted by atomic mass is 79.9. The number of nitrogens with zero attached hydrogens (tertiary/aromatic N) is 3. The van der Waals surface area contributed by atoms with Crippen molar-refractivity contribution in [2.24, 2.45) is 5.92 Å². The van der Waals surface area contributed by atoms with Crippen molar-refractivity contribution in [3.05, 3.63) is 46.4 Å². The number of rotatable bonds is 3. The van der Waals surface area contributed by atoms with Gasteiger partial charge >= 0.3 is 0 Å². The minimum absolute atomic E-state index is 0.0389. The Bertz CT molecular complexity index is 1000. The Morgan fingerprint density at radius 1 is 1.30 bits per heavy atom. The van der Waals surface area contributed by atoms with Crippen LogP contribution in [0, 0.1) is 19.8 Å². The first-order chi connectivity index (χ1) is 13.0. The van der Waals surface area contributed by atoms with Crippen LogP contribution < -0.4 is 10.2 Å². The predicted octanol–water partition coefficient (Wildman–Crippen LogP) is 4.46. The van der Waals surface area contributed by atoms with Gasteiger partial charge in [0.2, 0.25) is 11.6 Å². The van der Waals surface area contributed by atoms with Gasteiger partial charge in [0, 0.05) is 23.1 Å². The molecule has 1 aliphatic heterocycles. The molecule has 0 saturated carbocycles. The van der Waals surface area contributed by atoms with Crippen LogP contribution in [0.1, 0.15) is 24.2 Å². The molecule has 1 amide bonds. The number of hydrogen-bond acceptors (Lipinski definition) is 5. The van der Waals surface area contributed by atoms with Gasteiger partial charge in [-0.25, -0.2) is 9.97 Å². The second kappa shape index (κ2) is 7.31. The van der Waals surface area contributed by atoms with E-state index in [0.717, 1.165) is 52.1 Å². The highest BCUT2D eigenvalue weighted by Gasteiger charge is 2.29. The quantitative estimate of drug-likeness (QED) is 0.666. The van der Waals surface area contributed by atoms with Gasteiger partial charge in [-0.1, -0.05) is 12.1 Å². The summed E-state index contributed by atoms with van der Waals surface area (Å²) >= 11 is 3.48. The number of aryl methyl sites for hydroxylation is 2. The van der Waals surface area contributed by atoms with E-state index in [1.807, 2.05) is 38.1 Å². The number of anilines is 2. The van der Waals surface area contributed by atoms with E-state index in [1.165, 1.54) is 6.33 Å². The molecule has 0 aliphatic carbocycles. The summed E-state index contributed by atoms with van der Waals surface area (Å²) in [7, 11) is 0. The molecule has 0 radical (unpaired) electrons. The lowest BCUT2D eigenvalue weighted by Gasteiger charge is -2.33. The first-order valence-corrected chi connectivity index (χ1v) is 9.85. The Morgan fingerprint density at radius 3 is 2.93 bits per heavy atom. The number of nitrogens with one attached hydrogen (secondary N) is 1. The maximum absolute atomic E-state index is 12.8. The third-order valence-electron chi connectivity index (χ3n) is 5.17. The third kappa shape index (κ3) is 3.43. The van der Waals surface area contributed by atoms with E-state index in [9.17, 15) is 4.79 Å². The zero-order valence-corrected chi connectivity index (χ0v) is 16.9. The fourth-order valence-corrected chi connectivity index (χ4v) is 3.97. The zero-order chi connectivity index (χ0) is 19.0. The molecule has 1 aliphatic rings. The Balaban J connectivity index is 1.57. The molecule has 4 rings (SSSR count). The lowest BCUT2D eigenvalue weighted by molar-refractivity contribution is -0.120. The molecule has 0 spiro atoms. The van der Waals surface area contributed by atoms with Crippen LogP contribution in [0.15, 0.2) is 39.5 Å². The van der Waals surface area contributed by atoms with E-state index in [1.54, 1.807) is 0 Å². The first-order valence-electron chi connectivity index (χ1n) is 9.05. The van der Waals surface area contributed by atoms with Crippen molar-refractivity contribution in [2.45, 2.75) is 26.7 Å². The smallest absolute Gasteiger partial charge is 0.231 e. The zero-order valence-electron chi connectivity index (χ0n) is 15.3. The van der Waals surface area contributed by atoms with Crippen LogP contribution in [-0.4, -0.2) is 29.0 Å². The SMILES string of the molecule is Cc1oc2ncnc(N3CCCC(C(=O)Nc4ccccc4Br)C3)c2c1C. The predicted molar refractivity (Wildman–Crippen MR) is 109 cm³/mol. The summed E-state index contributed by atoms with van der Waals surface area (Å²) in [5, 5.41) is 3.99. The minimum atomic E-state index is -0.0934. The Labute approximate surface area is 166 Å². The van der Waals surface area contributed by atoms with Crippen LogP contribution in [0.2, 0.25) is 0 Å². The van der Waals surface area contributed by atoms with E-state index < -0.39 is 0 Å². The van der Waals surface area contributed by atoms with Gasteiger partial charge in [-0.15, -0.1) is 0 Å². The maximum atomic E-state index is 12.8. The average Bonchev–Trinajstić information content (AvgIpc) is 2.98. The van der Waals surface area contributed by atoms with Gasteiger partial charge in [-0.3, -0.25) is 4.79 Å². The fourth-order valence-electron chi connectivity index (χ4n) is 3.58. The molecule has 3 heterocycles. The van der Waals surface area contributed by atoms with Gasteiger partial charge in [-0.2, -0.15) is 0 Å². The maximum Gasteiger partial charge on any atom is 0.231 e. The van der Waals surface area contributed by atoms with Crippen molar-refractivity contribution in [1.82, 2.24) is 9.97 Å². The van der Waals surface area contributed by atoms with Crippen molar-refractivity contribution in [3.63, 3.8) is 0 Å². The number of aromatic nitrogens is 2. The van der Waals surface area contributed by atoms with Crippen molar-refractivity contribution >= 4 is 44.4 Å². The summed E-state index contributed by atoms with van der Waals surface area (Å²) in [5.41, 5.74) is 2.46. The summed E-state index contributed by atoms with van der Waals surface area (Å²) in [6, 6.07) is 7.66. The number of furan rings is 1. The number of carbonyl (C=O) groups excluding carboxylic acids is 1. The van der Waals surface area contributed by atoms with Gasteiger partial charge in [0.1, 0.15) is 17.9 Å². The summed E-state index contributed by atoms with van der Waals surface area (Å²) < 4.78 is 6.62. The molecular weight excluding hydrogens is 408 g/mol. The molecule has 140 valence electrons. The van der Waals surface area contributed by atoms with Crippen LogP contribution >= 0.6 is 15.9 Å². The topological polar surface area (TPSA) is 71.3 Å². The van der Waals surface area contributed by atoms with Crippen LogP contribution in [0.5, 0.6) is 0 Å². The summed E-state index contributed by atoms with van der Waals surface area (Å²) in [4.78, 5) is 23.8. The molecule has 1 N–H and O–H groups in total. The number of fused-ring (bicyclic) bond motifs is 1. The number of amides is 1. The van der Waals surface area contributed by atoms with E-state index in [2.05, 4.69) is 36.1 Å². The second-order valence-electron chi connectivity index (χ2n) is 6.91. The van der Waals surface area contributed by atoms with E-state index in [4.69, 9.17) is 4.42 Å². The monoisotopic (exact) mass is 428 g/mol. The number of benzene rings is 1. The van der Waals surface area contributed by atoms with Crippen molar-refractivity contribution < 1.29 is 9.21 Å². The van der Waals surface area contributed by atoms with Gasteiger partial charge < -0.3 is 14.6 Å². The summed E-state index contributed by atoms with van der Waals surface area (Å²) in [5.74, 6) is 1.65. The highest BCUT2D eigenvalue weighted by molar-refractivity contribution is 9.10. The molecule has 3 aromatic rings. The Kier molecular flexibility index (Phi) is 4.86. The summed E-state index contributed by atoms with van der Waals surface area (Å²) in [6.07, 6.45) is 3.34. The molecule has 2 aromatic heterocycles. The first kappa shape index (κ1) is 18.0. The van der Waals surface area contributed by atoms with Gasteiger partial charge in [0.25, 0.3) is 0 Å². The second-order valence-corrected chi connectivity index (χ2v) is 7.77. The van der Waals surface area contributed by atoms with Crippen molar-refractivity contribution in [1.29, 1.82) is 0 Å². The lowest BCUT2D eigenvalue weighted by atomic mass is 9.96. The molecule has 1 saturated heterocycles. The minimum Gasteiger partial charge on any atom is -0.443 e. The molecule has 27 heavy (non-hydrogen) atoms. The van der Waals surface area contributed by atoms with Crippen LogP contribution in [0.4, 0.5) is 11.5 Å². The number of para-hydroxylation sites is 1. The fraction of sp³-hybridized carbons (Fsp3) is 0.350. The Hall–Kier alpha value is -2.41.